The lowest BCUT2D eigenvalue weighted by Gasteiger charge is -2.49. The smallest absolute Gasteiger partial charge is 0.335 e. The van der Waals surface area contributed by atoms with E-state index >= 15 is 0 Å². The molecule has 0 radical (unpaired) electrons. The van der Waals surface area contributed by atoms with Crippen molar-refractivity contribution in [3.8, 4) is 11.8 Å². The molecular weight excluding hydrogens is 374 g/mol. The first kappa shape index (κ1) is 18.9. The maximum absolute atomic E-state index is 12.8. The predicted octanol–water partition coefficient (Wildman–Crippen LogP) is 2.79. The molecule has 2 atom stereocenters. The number of aromatic nitrogens is 1. The fourth-order valence-corrected chi connectivity index (χ4v) is 3.44. The maximum Gasteiger partial charge on any atom is 0.335 e. The molecule has 1 aliphatic heterocycles. The van der Waals surface area contributed by atoms with E-state index in [1.54, 1.807) is 26.0 Å². The quantitative estimate of drug-likeness (QED) is 0.623. The molecule has 0 aliphatic carbocycles. The molecule has 0 saturated heterocycles. The third-order valence-electron chi connectivity index (χ3n) is 5.02. The van der Waals surface area contributed by atoms with Gasteiger partial charge in [-0.15, -0.1) is 0 Å². The number of rotatable bonds is 2. The second-order valence-electron chi connectivity index (χ2n) is 7.04. The van der Waals surface area contributed by atoms with Gasteiger partial charge in [-0.05, 0) is 39.0 Å². The van der Waals surface area contributed by atoms with E-state index in [4.69, 9.17) is 16.3 Å². The summed E-state index contributed by atoms with van der Waals surface area (Å²) < 4.78 is 6.92. The molecular formula is C18H16ClN3O5. The number of pyridine rings is 1. The Labute approximate surface area is 159 Å². The molecule has 0 saturated carbocycles. The largest absolute Gasteiger partial charge is 0.484 e. The van der Waals surface area contributed by atoms with Gasteiger partial charge in [0.1, 0.15) is 17.0 Å². The third kappa shape index (κ3) is 2.85. The van der Waals surface area contributed by atoms with Crippen LogP contribution in [0.2, 0.25) is 5.02 Å². The van der Waals surface area contributed by atoms with E-state index in [-0.39, 0.29) is 5.02 Å². The Balaban J connectivity index is 2.39. The number of halogens is 1. The van der Waals surface area contributed by atoms with Crippen molar-refractivity contribution in [2.45, 2.75) is 38.0 Å². The molecule has 140 valence electrons. The SMILES string of the molecule is CC1(C)Oc2ccc(C#N)cc2C(n2cc(Cl)cc([N+](=O)[O-])c2=O)C1(C)O. The number of benzene rings is 1. The fourth-order valence-electron chi connectivity index (χ4n) is 3.23. The first-order valence-corrected chi connectivity index (χ1v) is 8.39. The Bertz CT molecular complexity index is 1050. The van der Waals surface area contributed by atoms with Crippen molar-refractivity contribution in [3.63, 3.8) is 0 Å². The van der Waals surface area contributed by atoms with Crippen LogP contribution in [0, 0.1) is 21.4 Å². The Morgan fingerprint density at radius 3 is 2.63 bits per heavy atom. The Morgan fingerprint density at radius 2 is 2.04 bits per heavy atom. The number of nitro groups is 1. The van der Waals surface area contributed by atoms with Gasteiger partial charge >= 0.3 is 11.2 Å². The Kier molecular flexibility index (Phi) is 4.25. The summed E-state index contributed by atoms with van der Waals surface area (Å²) in [5, 5.41) is 31.7. The standard InChI is InChI=1S/C18H16ClN3O5/c1-17(2)18(3,24)15(12-6-10(8-20)4-5-14(12)27-17)21-9-11(19)7-13(16(21)23)22(25)26/h4-7,9,15,24H,1-3H3. The normalized spacial score (nSPS) is 23.0. The maximum atomic E-state index is 12.8. The summed E-state index contributed by atoms with van der Waals surface area (Å²) >= 11 is 6.01. The summed E-state index contributed by atoms with van der Waals surface area (Å²) in [6.45, 7) is 4.76. The highest BCUT2D eigenvalue weighted by molar-refractivity contribution is 6.30. The highest BCUT2D eigenvalue weighted by Crippen LogP contribution is 2.48. The third-order valence-corrected chi connectivity index (χ3v) is 5.22. The first-order chi connectivity index (χ1) is 12.5. The number of hydrogen-bond acceptors (Lipinski definition) is 6. The van der Waals surface area contributed by atoms with Gasteiger partial charge in [-0.1, -0.05) is 11.6 Å². The van der Waals surface area contributed by atoms with Crippen molar-refractivity contribution in [1.29, 1.82) is 5.26 Å². The fraction of sp³-hybridized carbons (Fsp3) is 0.333. The number of hydrogen-bond donors (Lipinski definition) is 1. The topological polar surface area (TPSA) is 118 Å². The van der Waals surface area contributed by atoms with Crippen LogP contribution in [0.25, 0.3) is 0 Å². The molecule has 0 fully saturated rings. The summed E-state index contributed by atoms with van der Waals surface area (Å²) in [5.74, 6) is 0.366. The minimum atomic E-state index is -1.66. The van der Waals surface area contributed by atoms with Crippen LogP contribution in [0.4, 0.5) is 5.69 Å². The zero-order valence-corrected chi connectivity index (χ0v) is 15.5. The molecule has 8 nitrogen and oxygen atoms in total. The van der Waals surface area contributed by atoms with Crippen LogP contribution in [-0.4, -0.2) is 25.8 Å². The average Bonchev–Trinajstić information content (AvgIpc) is 2.57. The molecule has 1 aliphatic rings. The summed E-state index contributed by atoms with van der Waals surface area (Å²) in [4.78, 5) is 23.2. The summed E-state index contributed by atoms with van der Waals surface area (Å²) in [5.41, 5.74) is -3.77. The molecule has 0 spiro atoms. The molecule has 1 N–H and O–H groups in total. The van der Waals surface area contributed by atoms with Gasteiger partial charge in [0.25, 0.3) is 0 Å². The summed E-state index contributed by atoms with van der Waals surface area (Å²) in [7, 11) is 0. The van der Waals surface area contributed by atoms with Crippen LogP contribution in [0.5, 0.6) is 5.75 Å². The zero-order valence-electron chi connectivity index (χ0n) is 14.8. The molecule has 0 amide bonds. The Hall–Kier alpha value is -2.89. The van der Waals surface area contributed by atoms with Crippen LogP contribution >= 0.6 is 11.6 Å². The Morgan fingerprint density at radius 1 is 1.37 bits per heavy atom. The van der Waals surface area contributed by atoms with Crippen LogP contribution in [0.1, 0.15) is 37.9 Å². The molecule has 1 aromatic heterocycles. The van der Waals surface area contributed by atoms with Gasteiger partial charge in [0.15, 0.2) is 0 Å². The lowest BCUT2D eigenvalue weighted by molar-refractivity contribution is -0.386. The van der Waals surface area contributed by atoms with Gasteiger partial charge in [0.2, 0.25) is 0 Å². The molecule has 2 heterocycles. The van der Waals surface area contributed by atoms with Gasteiger partial charge < -0.3 is 9.84 Å². The van der Waals surface area contributed by atoms with Gasteiger partial charge in [0, 0.05) is 17.8 Å². The summed E-state index contributed by atoms with van der Waals surface area (Å²) in [6.07, 6.45) is 1.24. The lowest BCUT2D eigenvalue weighted by atomic mass is 9.75. The van der Waals surface area contributed by atoms with Crippen molar-refractivity contribution in [2.24, 2.45) is 0 Å². The first-order valence-electron chi connectivity index (χ1n) is 8.01. The number of fused-ring (bicyclic) bond motifs is 1. The van der Waals surface area contributed by atoms with Gasteiger partial charge in [0.05, 0.1) is 27.6 Å². The minimum absolute atomic E-state index is 0.0283. The van der Waals surface area contributed by atoms with Crippen molar-refractivity contribution in [1.82, 2.24) is 4.57 Å². The molecule has 9 heteroatoms. The monoisotopic (exact) mass is 389 g/mol. The molecule has 2 unspecified atom stereocenters. The predicted molar refractivity (Wildman–Crippen MR) is 97.0 cm³/mol. The molecule has 2 aromatic rings. The van der Waals surface area contributed by atoms with E-state index in [0.29, 0.717) is 16.9 Å². The molecule has 3 rings (SSSR count). The van der Waals surface area contributed by atoms with Crippen molar-refractivity contribution < 1.29 is 14.8 Å². The summed E-state index contributed by atoms with van der Waals surface area (Å²) in [6, 6.07) is 6.51. The van der Waals surface area contributed by atoms with Gasteiger partial charge in [-0.2, -0.15) is 5.26 Å². The van der Waals surface area contributed by atoms with E-state index in [2.05, 4.69) is 0 Å². The van der Waals surface area contributed by atoms with E-state index in [0.717, 1.165) is 10.6 Å². The minimum Gasteiger partial charge on any atom is -0.484 e. The van der Waals surface area contributed by atoms with Gasteiger partial charge in [-0.3, -0.25) is 19.5 Å². The van der Waals surface area contributed by atoms with Crippen LogP contribution in [-0.2, 0) is 0 Å². The second kappa shape index (κ2) is 6.08. The zero-order chi connectivity index (χ0) is 20.1. The second-order valence-corrected chi connectivity index (χ2v) is 7.48. The van der Waals surface area contributed by atoms with Crippen molar-refractivity contribution in [3.05, 3.63) is 67.1 Å². The van der Waals surface area contributed by atoms with Crippen LogP contribution in [0.15, 0.2) is 35.3 Å². The molecule has 27 heavy (non-hydrogen) atoms. The van der Waals surface area contributed by atoms with Crippen LogP contribution < -0.4 is 10.3 Å². The van der Waals surface area contributed by atoms with E-state index < -0.39 is 33.4 Å². The number of aliphatic hydroxyl groups is 1. The average molecular weight is 390 g/mol. The molecule has 1 aromatic carbocycles. The van der Waals surface area contributed by atoms with Crippen LogP contribution in [0.3, 0.4) is 0 Å². The number of nitriles is 1. The lowest BCUT2D eigenvalue weighted by Crippen LogP contribution is -2.60. The van der Waals surface area contributed by atoms with E-state index in [1.165, 1.54) is 19.2 Å². The van der Waals surface area contributed by atoms with Crippen molar-refractivity contribution in [2.75, 3.05) is 0 Å². The number of ether oxygens (including phenoxy) is 1. The van der Waals surface area contributed by atoms with E-state index in [9.17, 15) is 25.3 Å². The van der Waals surface area contributed by atoms with Gasteiger partial charge in [-0.25, -0.2) is 0 Å². The molecule has 0 bridgehead atoms. The highest BCUT2D eigenvalue weighted by Gasteiger charge is 2.54. The highest BCUT2D eigenvalue weighted by atomic mass is 35.5. The van der Waals surface area contributed by atoms with Crippen molar-refractivity contribution >= 4 is 17.3 Å². The number of nitrogens with zero attached hydrogens (tertiary/aromatic N) is 3. The van der Waals surface area contributed by atoms with E-state index in [1.807, 2.05) is 6.07 Å².